The van der Waals surface area contributed by atoms with Crippen LogP contribution in [-0.2, 0) is 4.79 Å². The standard InChI is InChI=1S/C13H17NO3S/c1-14(2)12(15)7-4-8-18-11-6-3-5-10(9-11)13(16)17/h3,5-6,9H,4,7-8H2,1-2H3,(H,16,17). The van der Waals surface area contributed by atoms with Crippen molar-refractivity contribution in [2.24, 2.45) is 0 Å². The molecule has 1 amide bonds. The molecule has 0 aliphatic heterocycles. The van der Waals surface area contributed by atoms with Gasteiger partial charge in [-0.2, -0.15) is 0 Å². The second kappa shape index (κ2) is 7.06. The zero-order valence-corrected chi connectivity index (χ0v) is 11.4. The lowest BCUT2D eigenvalue weighted by atomic mass is 10.2. The molecule has 1 aromatic carbocycles. The maximum absolute atomic E-state index is 11.3. The molecule has 0 bridgehead atoms. The van der Waals surface area contributed by atoms with Crippen LogP contribution in [0, 0.1) is 0 Å². The zero-order valence-electron chi connectivity index (χ0n) is 10.5. The summed E-state index contributed by atoms with van der Waals surface area (Å²) in [6, 6.07) is 6.84. The molecule has 98 valence electrons. The number of carboxylic acids is 1. The van der Waals surface area contributed by atoms with E-state index < -0.39 is 5.97 Å². The van der Waals surface area contributed by atoms with Crippen LogP contribution in [0.4, 0.5) is 0 Å². The Morgan fingerprint density at radius 1 is 1.33 bits per heavy atom. The second-order valence-corrected chi connectivity index (χ2v) is 5.24. The van der Waals surface area contributed by atoms with Crippen LogP contribution >= 0.6 is 11.8 Å². The van der Waals surface area contributed by atoms with Gasteiger partial charge in [-0.15, -0.1) is 11.8 Å². The predicted molar refractivity (Wildman–Crippen MR) is 72.1 cm³/mol. The van der Waals surface area contributed by atoms with Crippen molar-refractivity contribution in [3.05, 3.63) is 29.8 Å². The van der Waals surface area contributed by atoms with Crippen LogP contribution in [0.3, 0.4) is 0 Å². The summed E-state index contributed by atoms with van der Waals surface area (Å²) in [5, 5.41) is 8.86. The van der Waals surface area contributed by atoms with Crippen molar-refractivity contribution < 1.29 is 14.7 Å². The minimum absolute atomic E-state index is 0.120. The van der Waals surface area contributed by atoms with Crippen LogP contribution in [0.1, 0.15) is 23.2 Å². The highest BCUT2D eigenvalue weighted by Gasteiger charge is 2.05. The summed E-state index contributed by atoms with van der Waals surface area (Å²) in [7, 11) is 3.48. The van der Waals surface area contributed by atoms with Crippen molar-refractivity contribution in [1.82, 2.24) is 4.90 Å². The number of carbonyl (C=O) groups excluding carboxylic acids is 1. The zero-order chi connectivity index (χ0) is 13.5. The van der Waals surface area contributed by atoms with Crippen molar-refractivity contribution in [2.75, 3.05) is 19.8 Å². The van der Waals surface area contributed by atoms with Crippen LogP contribution in [0.15, 0.2) is 29.2 Å². The number of aromatic carboxylic acids is 1. The number of rotatable bonds is 6. The van der Waals surface area contributed by atoms with Crippen LogP contribution in [0.5, 0.6) is 0 Å². The quantitative estimate of drug-likeness (QED) is 0.635. The van der Waals surface area contributed by atoms with E-state index in [0.29, 0.717) is 12.0 Å². The highest BCUT2D eigenvalue weighted by molar-refractivity contribution is 7.99. The molecule has 1 N–H and O–H groups in total. The van der Waals surface area contributed by atoms with Gasteiger partial charge in [-0.1, -0.05) is 6.07 Å². The number of nitrogens with zero attached hydrogens (tertiary/aromatic N) is 1. The summed E-state index contributed by atoms with van der Waals surface area (Å²) >= 11 is 1.57. The minimum Gasteiger partial charge on any atom is -0.478 e. The number of hydrogen-bond acceptors (Lipinski definition) is 3. The van der Waals surface area contributed by atoms with E-state index in [2.05, 4.69) is 0 Å². The molecule has 0 spiro atoms. The molecule has 0 aromatic heterocycles. The van der Waals surface area contributed by atoms with Crippen molar-refractivity contribution in [2.45, 2.75) is 17.7 Å². The van der Waals surface area contributed by atoms with Gasteiger partial charge < -0.3 is 10.0 Å². The topological polar surface area (TPSA) is 57.6 Å². The monoisotopic (exact) mass is 267 g/mol. The van der Waals surface area contributed by atoms with Gasteiger partial charge in [0.1, 0.15) is 0 Å². The fourth-order valence-electron chi connectivity index (χ4n) is 1.36. The van der Waals surface area contributed by atoms with E-state index in [1.165, 1.54) is 0 Å². The molecular weight excluding hydrogens is 250 g/mol. The molecule has 0 heterocycles. The average molecular weight is 267 g/mol. The van der Waals surface area contributed by atoms with Crippen LogP contribution < -0.4 is 0 Å². The molecule has 1 rings (SSSR count). The molecule has 1 aromatic rings. The fraction of sp³-hybridized carbons (Fsp3) is 0.385. The highest BCUT2D eigenvalue weighted by Crippen LogP contribution is 2.20. The Morgan fingerprint density at radius 3 is 2.67 bits per heavy atom. The Bertz CT molecular complexity index is 432. The molecule has 0 fully saturated rings. The van der Waals surface area contributed by atoms with E-state index in [9.17, 15) is 9.59 Å². The van der Waals surface area contributed by atoms with Crippen molar-refractivity contribution in [3.8, 4) is 0 Å². The highest BCUT2D eigenvalue weighted by atomic mass is 32.2. The van der Waals surface area contributed by atoms with E-state index in [4.69, 9.17) is 5.11 Å². The number of amides is 1. The first-order valence-corrected chi connectivity index (χ1v) is 6.65. The first kappa shape index (κ1) is 14.6. The Labute approximate surface area is 111 Å². The van der Waals surface area contributed by atoms with Crippen molar-refractivity contribution >= 4 is 23.6 Å². The third-order valence-corrected chi connectivity index (χ3v) is 3.46. The van der Waals surface area contributed by atoms with Crippen molar-refractivity contribution in [3.63, 3.8) is 0 Å². The molecule has 5 heteroatoms. The predicted octanol–water partition coefficient (Wildman–Crippen LogP) is 2.35. The Morgan fingerprint density at radius 2 is 2.06 bits per heavy atom. The fourth-order valence-corrected chi connectivity index (χ4v) is 2.27. The second-order valence-electron chi connectivity index (χ2n) is 4.07. The first-order valence-electron chi connectivity index (χ1n) is 5.67. The largest absolute Gasteiger partial charge is 0.478 e. The van der Waals surface area contributed by atoms with Gasteiger partial charge in [0.2, 0.25) is 5.91 Å². The van der Waals surface area contributed by atoms with Gasteiger partial charge in [0.05, 0.1) is 5.56 Å². The lowest BCUT2D eigenvalue weighted by molar-refractivity contribution is -0.128. The van der Waals surface area contributed by atoms with Gasteiger partial charge in [-0.05, 0) is 30.4 Å². The Hall–Kier alpha value is -1.49. The van der Waals surface area contributed by atoms with E-state index in [1.54, 1.807) is 49.0 Å². The molecule has 0 saturated heterocycles. The molecule has 0 saturated carbocycles. The maximum atomic E-state index is 11.3. The van der Waals surface area contributed by atoms with Gasteiger partial charge in [-0.25, -0.2) is 4.79 Å². The number of hydrogen-bond donors (Lipinski definition) is 1. The van der Waals surface area contributed by atoms with Crippen LogP contribution in [-0.4, -0.2) is 41.7 Å². The molecule has 0 atom stereocenters. The molecule has 0 aliphatic rings. The normalized spacial score (nSPS) is 10.1. The van der Waals surface area contributed by atoms with E-state index in [0.717, 1.165) is 17.1 Å². The number of carboxylic acid groups (broad SMARTS) is 1. The van der Waals surface area contributed by atoms with Crippen LogP contribution in [0.2, 0.25) is 0 Å². The maximum Gasteiger partial charge on any atom is 0.335 e. The number of carbonyl (C=O) groups is 2. The number of benzene rings is 1. The summed E-state index contributed by atoms with van der Waals surface area (Å²) in [4.78, 5) is 24.6. The average Bonchev–Trinajstić information content (AvgIpc) is 2.34. The SMILES string of the molecule is CN(C)C(=O)CCCSc1cccc(C(=O)O)c1. The summed E-state index contributed by atoms with van der Waals surface area (Å²) < 4.78 is 0. The van der Waals surface area contributed by atoms with Gasteiger partial charge in [-0.3, -0.25) is 4.79 Å². The minimum atomic E-state index is -0.916. The lowest BCUT2D eigenvalue weighted by Gasteiger charge is -2.09. The molecule has 18 heavy (non-hydrogen) atoms. The van der Waals surface area contributed by atoms with Gasteiger partial charge >= 0.3 is 5.97 Å². The molecule has 4 nitrogen and oxygen atoms in total. The molecule has 0 radical (unpaired) electrons. The Kier molecular flexibility index (Phi) is 5.71. The Balaban J connectivity index is 2.38. The third kappa shape index (κ3) is 4.79. The third-order valence-electron chi connectivity index (χ3n) is 2.38. The summed E-state index contributed by atoms with van der Waals surface area (Å²) in [6.07, 6.45) is 1.32. The van der Waals surface area contributed by atoms with E-state index in [1.807, 2.05) is 6.07 Å². The van der Waals surface area contributed by atoms with E-state index in [-0.39, 0.29) is 5.91 Å². The van der Waals surface area contributed by atoms with Gasteiger partial charge in [0.15, 0.2) is 0 Å². The summed E-state index contributed by atoms with van der Waals surface area (Å²) in [5.74, 6) is 0.0120. The lowest BCUT2D eigenvalue weighted by Crippen LogP contribution is -2.21. The molecule has 0 aliphatic carbocycles. The van der Waals surface area contributed by atoms with E-state index >= 15 is 0 Å². The smallest absolute Gasteiger partial charge is 0.335 e. The molecular formula is C13H17NO3S. The summed E-state index contributed by atoms with van der Waals surface area (Å²) in [5.41, 5.74) is 0.296. The van der Waals surface area contributed by atoms with Gasteiger partial charge in [0.25, 0.3) is 0 Å². The van der Waals surface area contributed by atoms with Gasteiger partial charge in [0, 0.05) is 25.4 Å². The van der Waals surface area contributed by atoms with Crippen molar-refractivity contribution in [1.29, 1.82) is 0 Å². The number of thioether (sulfide) groups is 1. The first-order chi connectivity index (χ1) is 8.50. The van der Waals surface area contributed by atoms with Crippen LogP contribution in [0.25, 0.3) is 0 Å². The summed E-state index contributed by atoms with van der Waals surface area (Å²) in [6.45, 7) is 0. The molecule has 0 unspecified atom stereocenters.